The number of nitrogen functional groups attached to an aromatic ring is 1. The normalized spacial score (nSPS) is 12.1. The summed E-state index contributed by atoms with van der Waals surface area (Å²) in [7, 11) is 0. The van der Waals surface area contributed by atoms with E-state index in [0.717, 1.165) is 11.3 Å². The molecule has 1 aliphatic rings. The zero-order valence-corrected chi connectivity index (χ0v) is 16.3. The van der Waals surface area contributed by atoms with Gasteiger partial charge in [-0.05, 0) is 29.8 Å². The van der Waals surface area contributed by atoms with Crippen molar-refractivity contribution < 1.29 is 19.1 Å². The minimum Gasteiger partial charge on any atom is -0.483 e. The van der Waals surface area contributed by atoms with Gasteiger partial charge in [0, 0.05) is 48.6 Å². The zero-order valence-electron chi connectivity index (χ0n) is 16.3. The Balaban J connectivity index is 0.000000858. The molecule has 2 aromatic heterocycles. The molecule has 0 aliphatic carbocycles. The minimum atomic E-state index is -0.411. The fourth-order valence-electron chi connectivity index (χ4n) is 3.51. The quantitative estimate of drug-likeness (QED) is 0.610. The molecule has 0 saturated carbocycles. The van der Waals surface area contributed by atoms with Crippen molar-refractivity contribution in [1.29, 1.82) is 5.26 Å². The lowest BCUT2D eigenvalue weighted by molar-refractivity contribution is -0.122. The van der Waals surface area contributed by atoms with E-state index in [9.17, 15) is 14.4 Å². The Kier molecular flexibility index (Phi) is 6.52. The van der Waals surface area contributed by atoms with Crippen LogP contribution in [0.15, 0.2) is 48.8 Å². The summed E-state index contributed by atoms with van der Waals surface area (Å²) in [5.74, 6) is -0.422. The van der Waals surface area contributed by atoms with Crippen LogP contribution in [0.1, 0.15) is 27.2 Å². The molecular formula is C22H18FN5O3. The van der Waals surface area contributed by atoms with Crippen LogP contribution in [0.4, 0.5) is 10.2 Å². The van der Waals surface area contributed by atoms with Crippen molar-refractivity contribution in [2.75, 3.05) is 12.3 Å². The van der Waals surface area contributed by atoms with E-state index in [1.807, 2.05) is 0 Å². The maximum atomic E-state index is 13.8. The molecule has 156 valence electrons. The van der Waals surface area contributed by atoms with E-state index in [1.165, 1.54) is 12.1 Å². The molecule has 31 heavy (non-hydrogen) atoms. The Hall–Kier alpha value is -4.32. The van der Waals surface area contributed by atoms with E-state index in [2.05, 4.69) is 16.0 Å². The topological polar surface area (TPSA) is 133 Å². The summed E-state index contributed by atoms with van der Waals surface area (Å²) in [6, 6.07) is 11.4. The van der Waals surface area contributed by atoms with Gasteiger partial charge in [0.2, 0.25) is 0 Å². The number of amides is 1. The molecule has 0 atom stereocenters. The first-order chi connectivity index (χ1) is 15.0. The second-order valence-electron chi connectivity index (χ2n) is 6.61. The van der Waals surface area contributed by atoms with Gasteiger partial charge in [-0.15, -0.1) is 0 Å². The number of hydrogen-bond donors (Lipinski definition) is 2. The van der Waals surface area contributed by atoms with E-state index in [0.29, 0.717) is 29.7 Å². The molecule has 3 heterocycles. The first-order valence-corrected chi connectivity index (χ1v) is 9.24. The van der Waals surface area contributed by atoms with Crippen LogP contribution in [0.2, 0.25) is 0 Å². The average Bonchev–Trinajstić information content (AvgIpc) is 2.78. The van der Waals surface area contributed by atoms with E-state index >= 15 is 0 Å². The van der Waals surface area contributed by atoms with Crippen LogP contribution < -0.4 is 5.73 Å². The number of aromatic nitrogens is 2. The Morgan fingerprint density at radius 1 is 1.29 bits per heavy atom. The van der Waals surface area contributed by atoms with Gasteiger partial charge < -0.3 is 15.7 Å². The monoisotopic (exact) mass is 419 g/mol. The van der Waals surface area contributed by atoms with Gasteiger partial charge >= 0.3 is 0 Å². The smallest absolute Gasteiger partial charge is 0.290 e. The molecule has 1 amide bonds. The van der Waals surface area contributed by atoms with E-state index in [1.54, 1.807) is 41.6 Å². The SMILES string of the molecule is N#Cc1c(N)nc2c(c1-c1cccc(F)c1)CN(C(=O)c1ccncc1)CC2.O=CO. The molecule has 1 aromatic carbocycles. The summed E-state index contributed by atoms with van der Waals surface area (Å²) < 4.78 is 13.8. The maximum absolute atomic E-state index is 13.8. The summed E-state index contributed by atoms with van der Waals surface area (Å²) in [6.45, 7) is 0.499. The number of benzene rings is 1. The third kappa shape index (κ3) is 4.48. The third-order valence-electron chi connectivity index (χ3n) is 4.82. The zero-order chi connectivity index (χ0) is 22.4. The number of nitrogens with two attached hydrogens (primary N) is 1. The van der Waals surface area contributed by atoms with Crippen molar-refractivity contribution in [3.63, 3.8) is 0 Å². The number of anilines is 1. The number of halogens is 1. The molecule has 8 nitrogen and oxygen atoms in total. The predicted molar refractivity (Wildman–Crippen MR) is 110 cm³/mol. The third-order valence-corrected chi connectivity index (χ3v) is 4.82. The molecule has 9 heteroatoms. The lowest BCUT2D eigenvalue weighted by Gasteiger charge is -2.30. The van der Waals surface area contributed by atoms with Crippen LogP contribution in [-0.4, -0.2) is 38.9 Å². The van der Waals surface area contributed by atoms with Gasteiger partial charge in [-0.2, -0.15) is 5.26 Å². The summed E-state index contributed by atoms with van der Waals surface area (Å²) in [6.07, 6.45) is 3.64. The fourth-order valence-corrected chi connectivity index (χ4v) is 3.51. The maximum Gasteiger partial charge on any atom is 0.290 e. The van der Waals surface area contributed by atoms with Gasteiger partial charge in [0.05, 0.1) is 5.69 Å². The molecule has 0 spiro atoms. The van der Waals surface area contributed by atoms with Crippen LogP contribution >= 0.6 is 0 Å². The van der Waals surface area contributed by atoms with Gasteiger partial charge in [0.25, 0.3) is 12.4 Å². The van der Waals surface area contributed by atoms with E-state index in [4.69, 9.17) is 15.6 Å². The molecule has 4 rings (SSSR count). The summed E-state index contributed by atoms with van der Waals surface area (Å²) in [4.78, 5) is 31.2. The Morgan fingerprint density at radius 2 is 2.00 bits per heavy atom. The van der Waals surface area contributed by atoms with Gasteiger partial charge in [-0.1, -0.05) is 12.1 Å². The number of nitrogens with zero attached hydrogens (tertiary/aromatic N) is 4. The van der Waals surface area contributed by atoms with Crippen molar-refractivity contribution in [2.24, 2.45) is 0 Å². The highest BCUT2D eigenvalue weighted by molar-refractivity contribution is 5.94. The van der Waals surface area contributed by atoms with E-state index in [-0.39, 0.29) is 30.3 Å². The molecule has 0 fully saturated rings. The minimum absolute atomic E-state index is 0.120. The van der Waals surface area contributed by atoms with Crippen molar-refractivity contribution in [3.05, 3.63) is 77.0 Å². The van der Waals surface area contributed by atoms with Gasteiger partial charge in [-0.25, -0.2) is 9.37 Å². The van der Waals surface area contributed by atoms with Crippen LogP contribution in [0.3, 0.4) is 0 Å². The van der Waals surface area contributed by atoms with Crippen molar-refractivity contribution >= 4 is 18.2 Å². The number of carbonyl (C=O) groups is 2. The molecule has 3 N–H and O–H groups in total. The molecule has 3 aromatic rings. The number of carboxylic acid groups (broad SMARTS) is 1. The number of hydrogen-bond acceptors (Lipinski definition) is 6. The van der Waals surface area contributed by atoms with Crippen molar-refractivity contribution in [1.82, 2.24) is 14.9 Å². The Labute approximate surface area is 177 Å². The van der Waals surface area contributed by atoms with Crippen LogP contribution in [0, 0.1) is 17.1 Å². The van der Waals surface area contributed by atoms with Crippen LogP contribution in [-0.2, 0) is 17.8 Å². The fraction of sp³-hybridized carbons (Fsp3) is 0.136. The first kappa shape index (κ1) is 21.4. The summed E-state index contributed by atoms with van der Waals surface area (Å²) in [5.41, 5.74) is 9.27. The van der Waals surface area contributed by atoms with Crippen molar-refractivity contribution in [2.45, 2.75) is 13.0 Å². The molecule has 1 aliphatic heterocycles. The highest BCUT2D eigenvalue weighted by atomic mass is 19.1. The Bertz CT molecular complexity index is 1160. The predicted octanol–water partition coefficient (Wildman–Crippen LogP) is 2.64. The molecular weight excluding hydrogens is 401 g/mol. The van der Waals surface area contributed by atoms with Gasteiger partial charge in [0.1, 0.15) is 23.3 Å². The van der Waals surface area contributed by atoms with Crippen LogP contribution in [0.5, 0.6) is 0 Å². The lowest BCUT2D eigenvalue weighted by Crippen LogP contribution is -2.37. The number of fused-ring (bicyclic) bond motifs is 1. The number of carbonyl (C=O) groups excluding carboxylic acids is 1. The summed E-state index contributed by atoms with van der Waals surface area (Å²) in [5, 5.41) is 16.5. The van der Waals surface area contributed by atoms with E-state index < -0.39 is 5.82 Å². The number of rotatable bonds is 2. The van der Waals surface area contributed by atoms with Crippen LogP contribution in [0.25, 0.3) is 11.1 Å². The highest BCUT2D eigenvalue weighted by Gasteiger charge is 2.28. The summed E-state index contributed by atoms with van der Waals surface area (Å²) >= 11 is 0. The largest absolute Gasteiger partial charge is 0.483 e. The second-order valence-corrected chi connectivity index (χ2v) is 6.61. The average molecular weight is 419 g/mol. The number of pyridine rings is 2. The van der Waals surface area contributed by atoms with Gasteiger partial charge in [-0.3, -0.25) is 14.6 Å². The standard InChI is InChI=1S/C21H16FN5O.CH2O2/c22-15-3-1-2-14(10-15)19-16(11-23)20(24)26-18-6-9-27(12-17(18)19)21(28)13-4-7-25-8-5-13;2-1-3/h1-5,7-8,10H,6,9,12H2,(H2,24,26);1H,(H,2,3). The Morgan fingerprint density at radius 3 is 2.65 bits per heavy atom. The van der Waals surface area contributed by atoms with Gasteiger partial charge in [0.15, 0.2) is 0 Å². The lowest BCUT2D eigenvalue weighted by atomic mass is 9.91. The molecule has 0 unspecified atom stereocenters. The molecule has 0 radical (unpaired) electrons. The first-order valence-electron chi connectivity index (χ1n) is 9.24. The number of nitriles is 1. The highest BCUT2D eigenvalue weighted by Crippen LogP contribution is 2.35. The second kappa shape index (κ2) is 9.45. The molecule has 0 bridgehead atoms. The van der Waals surface area contributed by atoms with Crippen molar-refractivity contribution in [3.8, 4) is 17.2 Å². The molecule has 0 saturated heterocycles.